The molecular weight excluding hydrogens is 324 g/mol. The topological polar surface area (TPSA) is 81.4 Å². The molecule has 124 valence electrons. The SMILES string of the molecule is N#Cc1ccc(-c2ccc(CN3CCS(=O)(=O)CC3)cc2)c(O)c1. The first-order chi connectivity index (χ1) is 11.5. The molecule has 6 heteroatoms. The van der Waals surface area contributed by atoms with Gasteiger partial charge >= 0.3 is 0 Å². The van der Waals surface area contributed by atoms with Crippen molar-refractivity contribution in [3.8, 4) is 22.9 Å². The third kappa shape index (κ3) is 3.75. The van der Waals surface area contributed by atoms with Crippen LogP contribution in [0.5, 0.6) is 5.75 Å². The summed E-state index contributed by atoms with van der Waals surface area (Å²) in [6, 6.07) is 14.7. The van der Waals surface area contributed by atoms with Crippen LogP contribution in [0.3, 0.4) is 0 Å². The molecule has 1 aliphatic rings. The van der Waals surface area contributed by atoms with Gasteiger partial charge in [-0.2, -0.15) is 5.26 Å². The second kappa shape index (κ2) is 6.63. The Hall–Kier alpha value is -2.36. The van der Waals surface area contributed by atoms with Crippen molar-refractivity contribution in [1.29, 1.82) is 5.26 Å². The lowest BCUT2D eigenvalue weighted by Gasteiger charge is -2.26. The molecule has 1 heterocycles. The van der Waals surface area contributed by atoms with Crippen LogP contribution in [0, 0.1) is 11.3 Å². The Morgan fingerprint density at radius 2 is 1.75 bits per heavy atom. The summed E-state index contributed by atoms with van der Waals surface area (Å²) in [5.74, 6) is 0.539. The summed E-state index contributed by atoms with van der Waals surface area (Å²) in [7, 11) is -2.85. The van der Waals surface area contributed by atoms with E-state index >= 15 is 0 Å². The van der Waals surface area contributed by atoms with Crippen LogP contribution >= 0.6 is 0 Å². The van der Waals surface area contributed by atoms with Gasteiger partial charge in [-0.05, 0) is 29.3 Å². The molecule has 2 aromatic rings. The van der Waals surface area contributed by atoms with Crippen molar-refractivity contribution in [2.45, 2.75) is 6.54 Å². The lowest BCUT2D eigenvalue weighted by Crippen LogP contribution is -2.39. The highest BCUT2D eigenvalue weighted by atomic mass is 32.2. The zero-order chi connectivity index (χ0) is 17.2. The van der Waals surface area contributed by atoms with Crippen molar-refractivity contribution in [1.82, 2.24) is 4.90 Å². The van der Waals surface area contributed by atoms with Gasteiger partial charge in [-0.1, -0.05) is 24.3 Å². The molecule has 2 aromatic carbocycles. The van der Waals surface area contributed by atoms with Gasteiger partial charge in [-0.3, -0.25) is 4.90 Å². The number of sulfone groups is 1. The number of hydrogen-bond acceptors (Lipinski definition) is 5. The van der Waals surface area contributed by atoms with Gasteiger partial charge in [-0.25, -0.2) is 8.42 Å². The van der Waals surface area contributed by atoms with Gasteiger partial charge in [-0.15, -0.1) is 0 Å². The number of phenols is 1. The Bertz CT molecular complexity index is 869. The van der Waals surface area contributed by atoms with Gasteiger partial charge < -0.3 is 5.11 Å². The van der Waals surface area contributed by atoms with Gasteiger partial charge in [0.25, 0.3) is 0 Å². The number of hydrogen-bond donors (Lipinski definition) is 1. The van der Waals surface area contributed by atoms with E-state index in [9.17, 15) is 13.5 Å². The first kappa shape index (κ1) is 16.5. The smallest absolute Gasteiger partial charge is 0.152 e. The standard InChI is InChI=1S/C18H18N2O3S/c19-12-15-3-6-17(18(21)11-15)16-4-1-14(2-5-16)13-20-7-9-24(22,23)10-8-20/h1-6,11,21H,7-10,13H2. The maximum Gasteiger partial charge on any atom is 0.152 e. The Kier molecular flexibility index (Phi) is 4.56. The van der Waals surface area contributed by atoms with E-state index in [-0.39, 0.29) is 17.3 Å². The Morgan fingerprint density at radius 1 is 1.08 bits per heavy atom. The average Bonchev–Trinajstić information content (AvgIpc) is 2.57. The minimum atomic E-state index is -2.85. The minimum absolute atomic E-state index is 0.0861. The maximum absolute atomic E-state index is 11.5. The molecule has 0 atom stereocenters. The second-order valence-electron chi connectivity index (χ2n) is 5.97. The van der Waals surface area contributed by atoms with Gasteiger partial charge in [0.05, 0.1) is 23.1 Å². The first-order valence-corrected chi connectivity index (χ1v) is 9.54. The monoisotopic (exact) mass is 342 g/mol. The minimum Gasteiger partial charge on any atom is -0.507 e. The zero-order valence-electron chi connectivity index (χ0n) is 13.1. The summed E-state index contributed by atoms with van der Waals surface area (Å²) in [6.07, 6.45) is 0. The third-order valence-corrected chi connectivity index (χ3v) is 5.84. The molecule has 24 heavy (non-hydrogen) atoms. The fourth-order valence-corrected chi connectivity index (χ4v) is 4.08. The van der Waals surface area contributed by atoms with E-state index in [4.69, 9.17) is 5.26 Å². The molecule has 1 aliphatic heterocycles. The number of aromatic hydroxyl groups is 1. The van der Waals surface area contributed by atoms with Crippen molar-refractivity contribution in [3.63, 3.8) is 0 Å². The average molecular weight is 342 g/mol. The molecule has 0 saturated carbocycles. The van der Waals surface area contributed by atoms with Crippen molar-refractivity contribution < 1.29 is 13.5 Å². The van der Waals surface area contributed by atoms with Crippen LogP contribution in [0.15, 0.2) is 42.5 Å². The summed E-state index contributed by atoms with van der Waals surface area (Å²) >= 11 is 0. The quantitative estimate of drug-likeness (QED) is 0.924. The van der Waals surface area contributed by atoms with Crippen LogP contribution in [0.2, 0.25) is 0 Å². The third-order valence-electron chi connectivity index (χ3n) is 4.23. The largest absolute Gasteiger partial charge is 0.507 e. The van der Waals surface area contributed by atoms with Crippen LogP contribution in [0.25, 0.3) is 11.1 Å². The molecule has 3 rings (SSSR count). The molecular formula is C18H18N2O3S. The summed E-state index contributed by atoms with van der Waals surface area (Å²) in [6.45, 7) is 1.86. The van der Waals surface area contributed by atoms with Gasteiger partial charge in [0.2, 0.25) is 0 Å². The van der Waals surface area contributed by atoms with Crippen molar-refractivity contribution in [2.75, 3.05) is 24.6 Å². The molecule has 1 fully saturated rings. The summed E-state index contributed by atoms with van der Waals surface area (Å²) in [4.78, 5) is 2.13. The number of nitriles is 1. The Balaban J connectivity index is 1.71. The molecule has 0 aliphatic carbocycles. The fraction of sp³-hybridized carbons (Fsp3) is 0.278. The Labute approximate surface area is 141 Å². The van der Waals surface area contributed by atoms with Crippen molar-refractivity contribution in [2.24, 2.45) is 0 Å². The molecule has 0 unspecified atom stereocenters. The van der Waals surface area contributed by atoms with Crippen LogP contribution in [-0.2, 0) is 16.4 Å². The lowest BCUT2D eigenvalue weighted by molar-refractivity contribution is 0.287. The van der Waals surface area contributed by atoms with E-state index in [1.807, 2.05) is 30.3 Å². The highest BCUT2D eigenvalue weighted by Crippen LogP contribution is 2.30. The molecule has 0 radical (unpaired) electrons. The summed E-state index contributed by atoms with van der Waals surface area (Å²) in [5.41, 5.74) is 3.09. The molecule has 1 N–H and O–H groups in total. The number of phenolic OH excluding ortho intramolecular Hbond substituents is 1. The molecule has 5 nitrogen and oxygen atoms in total. The maximum atomic E-state index is 11.5. The zero-order valence-corrected chi connectivity index (χ0v) is 14.0. The number of rotatable bonds is 3. The molecule has 0 spiro atoms. The van der Waals surface area contributed by atoms with Crippen molar-refractivity contribution in [3.05, 3.63) is 53.6 Å². The van der Waals surface area contributed by atoms with Crippen LogP contribution in [-0.4, -0.2) is 43.0 Å². The lowest BCUT2D eigenvalue weighted by atomic mass is 10.0. The van der Waals surface area contributed by atoms with E-state index in [0.717, 1.165) is 17.7 Å². The normalized spacial score (nSPS) is 17.3. The van der Waals surface area contributed by atoms with E-state index in [2.05, 4.69) is 4.90 Å². The van der Waals surface area contributed by atoms with Gasteiger partial charge in [0.1, 0.15) is 5.75 Å². The predicted molar refractivity (Wildman–Crippen MR) is 92.2 cm³/mol. The van der Waals surface area contributed by atoms with E-state index < -0.39 is 9.84 Å². The van der Waals surface area contributed by atoms with Gasteiger partial charge in [0.15, 0.2) is 9.84 Å². The molecule has 1 saturated heterocycles. The van der Waals surface area contributed by atoms with Crippen LogP contribution < -0.4 is 0 Å². The van der Waals surface area contributed by atoms with Crippen molar-refractivity contribution >= 4 is 9.84 Å². The van der Waals surface area contributed by atoms with Gasteiger partial charge in [0, 0.05) is 25.2 Å². The highest BCUT2D eigenvalue weighted by molar-refractivity contribution is 7.91. The summed E-state index contributed by atoms with van der Waals surface area (Å²) in [5, 5.41) is 18.9. The molecule has 0 amide bonds. The summed E-state index contributed by atoms with van der Waals surface area (Å²) < 4.78 is 22.9. The predicted octanol–water partition coefficient (Wildman–Crippen LogP) is 2.16. The van der Waals surface area contributed by atoms with E-state index in [1.165, 1.54) is 6.07 Å². The van der Waals surface area contributed by atoms with E-state index in [1.54, 1.807) is 12.1 Å². The second-order valence-corrected chi connectivity index (χ2v) is 8.27. The highest BCUT2D eigenvalue weighted by Gasteiger charge is 2.21. The molecule has 0 bridgehead atoms. The number of benzene rings is 2. The van der Waals surface area contributed by atoms with Crippen LogP contribution in [0.4, 0.5) is 0 Å². The first-order valence-electron chi connectivity index (χ1n) is 7.72. The van der Waals surface area contributed by atoms with Crippen LogP contribution in [0.1, 0.15) is 11.1 Å². The molecule has 0 aromatic heterocycles. The Morgan fingerprint density at radius 3 is 2.33 bits per heavy atom. The van der Waals surface area contributed by atoms with E-state index in [0.29, 0.717) is 24.2 Å². The number of nitrogens with zero attached hydrogens (tertiary/aromatic N) is 2. The fourth-order valence-electron chi connectivity index (χ4n) is 2.80.